The highest BCUT2D eigenvalue weighted by molar-refractivity contribution is 7.09. The van der Waals surface area contributed by atoms with Crippen molar-refractivity contribution in [3.63, 3.8) is 0 Å². The second-order valence-corrected chi connectivity index (χ2v) is 4.60. The highest BCUT2D eigenvalue weighted by Crippen LogP contribution is 2.22. The SMILES string of the molecule is Cc1ccc(NC(C(=O)O)c2cncs2)cc1. The zero-order chi connectivity index (χ0) is 12.3. The first-order valence-corrected chi connectivity index (χ1v) is 5.99. The monoisotopic (exact) mass is 248 g/mol. The lowest BCUT2D eigenvalue weighted by atomic mass is 10.2. The van der Waals surface area contributed by atoms with Gasteiger partial charge in [-0.2, -0.15) is 0 Å². The third-order valence-electron chi connectivity index (χ3n) is 2.35. The summed E-state index contributed by atoms with van der Waals surface area (Å²) >= 11 is 1.33. The van der Waals surface area contributed by atoms with Crippen LogP contribution in [0.2, 0.25) is 0 Å². The Morgan fingerprint density at radius 3 is 2.65 bits per heavy atom. The van der Waals surface area contributed by atoms with E-state index in [1.165, 1.54) is 11.3 Å². The Kier molecular flexibility index (Phi) is 3.39. The van der Waals surface area contributed by atoms with Gasteiger partial charge in [0.25, 0.3) is 0 Å². The number of carboxylic acids is 1. The van der Waals surface area contributed by atoms with Crippen molar-refractivity contribution in [2.24, 2.45) is 0 Å². The first-order chi connectivity index (χ1) is 8.16. The van der Waals surface area contributed by atoms with Crippen LogP contribution in [0.15, 0.2) is 36.0 Å². The van der Waals surface area contributed by atoms with Crippen molar-refractivity contribution in [1.82, 2.24) is 4.98 Å². The molecule has 0 fully saturated rings. The number of benzene rings is 1. The first kappa shape index (κ1) is 11.6. The standard InChI is InChI=1S/C12H12N2O2S/c1-8-2-4-9(5-3-8)14-11(12(15)16)10-6-13-7-17-10/h2-7,11,14H,1H3,(H,15,16). The normalized spacial score (nSPS) is 12.1. The summed E-state index contributed by atoms with van der Waals surface area (Å²) < 4.78 is 0. The molecular formula is C12H12N2O2S. The fourth-order valence-corrected chi connectivity index (χ4v) is 2.10. The van der Waals surface area contributed by atoms with Gasteiger partial charge >= 0.3 is 5.97 Å². The molecule has 1 aromatic carbocycles. The van der Waals surface area contributed by atoms with Crippen LogP contribution in [0, 0.1) is 6.92 Å². The highest BCUT2D eigenvalue weighted by atomic mass is 32.1. The van der Waals surface area contributed by atoms with Gasteiger partial charge in [-0.25, -0.2) is 4.79 Å². The predicted octanol–water partition coefficient (Wildman–Crippen LogP) is 2.69. The molecule has 1 unspecified atom stereocenters. The van der Waals surface area contributed by atoms with Gasteiger partial charge in [0, 0.05) is 11.9 Å². The molecule has 0 spiro atoms. The third-order valence-corrected chi connectivity index (χ3v) is 3.19. The van der Waals surface area contributed by atoms with Gasteiger partial charge in [-0.1, -0.05) is 17.7 Å². The minimum atomic E-state index is -0.908. The number of thiazole rings is 1. The zero-order valence-corrected chi connectivity index (χ0v) is 10.1. The molecule has 0 radical (unpaired) electrons. The second kappa shape index (κ2) is 4.97. The maximum atomic E-state index is 11.2. The van der Waals surface area contributed by atoms with Crippen LogP contribution in [-0.4, -0.2) is 16.1 Å². The molecule has 88 valence electrons. The van der Waals surface area contributed by atoms with Crippen molar-refractivity contribution in [2.45, 2.75) is 13.0 Å². The van der Waals surface area contributed by atoms with Crippen LogP contribution in [0.5, 0.6) is 0 Å². The van der Waals surface area contributed by atoms with Crippen LogP contribution < -0.4 is 5.32 Å². The molecule has 1 aromatic heterocycles. The Bertz CT molecular complexity index is 494. The molecule has 17 heavy (non-hydrogen) atoms. The van der Waals surface area contributed by atoms with Gasteiger partial charge in [0.1, 0.15) is 0 Å². The number of hydrogen-bond acceptors (Lipinski definition) is 4. The summed E-state index contributed by atoms with van der Waals surface area (Å²) in [4.78, 5) is 15.8. The van der Waals surface area contributed by atoms with E-state index in [1.54, 1.807) is 11.7 Å². The maximum Gasteiger partial charge on any atom is 0.331 e. The van der Waals surface area contributed by atoms with Crippen molar-refractivity contribution >= 4 is 23.0 Å². The van der Waals surface area contributed by atoms with E-state index in [0.29, 0.717) is 4.88 Å². The molecule has 0 aliphatic carbocycles. The molecule has 0 saturated heterocycles. The summed E-state index contributed by atoms with van der Waals surface area (Å²) in [5, 5.41) is 12.2. The van der Waals surface area contributed by atoms with Gasteiger partial charge in [-0.05, 0) is 19.1 Å². The molecule has 0 aliphatic rings. The summed E-state index contributed by atoms with van der Waals surface area (Å²) in [6.07, 6.45) is 1.57. The lowest BCUT2D eigenvalue weighted by Crippen LogP contribution is -2.19. The van der Waals surface area contributed by atoms with Crippen LogP contribution in [0.1, 0.15) is 16.5 Å². The Hall–Kier alpha value is -1.88. The lowest BCUT2D eigenvalue weighted by molar-refractivity contribution is -0.138. The molecule has 2 N–H and O–H groups in total. The molecule has 0 amide bonds. The molecule has 1 atom stereocenters. The minimum absolute atomic E-state index is 0.693. The number of aromatic nitrogens is 1. The molecule has 2 rings (SSSR count). The van der Waals surface area contributed by atoms with E-state index < -0.39 is 12.0 Å². The Morgan fingerprint density at radius 2 is 2.12 bits per heavy atom. The van der Waals surface area contributed by atoms with Gasteiger partial charge in [0.15, 0.2) is 6.04 Å². The summed E-state index contributed by atoms with van der Waals surface area (Å²) in [6.45, 7) is 1.99. The number of anilines is 1. The van der Waals surface area contributed by atoms with Crippen molar-refractivity contribution in [2.75, 3.05) is 5.32 Å². The quantitative estimate of drug-likeness (QED) is 0.873. The Balaban J connectivity index is 2.19. The van der Waals surface area contributed by atoms with Crippen LogP contribution >= 0.6 is 11.3 Å². The van der Waals surface area contributed by atoms with Gasteiger partial charge in [0.2, 0.25) is 0 Å². The van der Waals surface area contributed by atoms with Crippen molar-refractivity contribution in [3.05, 3.63) is 46.4 Å². The van der Waals surface area contributed by atoms with Crippen LogP contribution in [-0.2, 0) is 4.79 Å². The van der Waals surface area contributed by atoms with E-state index in [4.69, 9.17) is 0 Å². The fourth-order valence-electron chi connectivity index (χ4n) is 1.44. The Morgan fingerprint density at radius 1 is 1.41 bits per heavy atom. The van der Waals surface area contributed by atoms with Crippen molar-refractivity contribution in [1.29, 1.82) is 0 Å². The lowest BCUT2D eigenvalue weighted by Gasteiger charge is -2.13. The van der Waals surface area contributed by atoms with E-state index in [0.717, 1.165) is 11.3 Å². The Labute approximate surface area is 103 Å². The third kappa shape index (κ3) is 2.82. The van der Waals surface area contributed by atoms with Crippen LogP contribution in [0.4, 0.5) is 5.69 Å². The average molecular weight is 248 g/mol. The summed E-state index contributed by atoms with van der Waals surface area (Å²) in [5.74, 6) is -0.908. The van der Waals surface area contributed by atoms with E-state index >= 15 is 0 Å². The number of aliphatic carboxylic acids is 1. The zero-order valence-electron chi connectivity index (χ0n) is 9.25. The molecule has 0 bridgehead atoms. The molecule has 2 aromatic rings. The largest absolute Gasteiger partial charge is 0.479 e. The van der Waals surface area contributed by atoms with E-state index in [2.05, 4.69) is 10.3 Å². The maximum absolute atomic E-state index is 11.2. The molecule has 1 heterocycles. The number of hydrogen-bond donors (Lipinski definition) is 2. The van der Waals surface area contributed by atoms with Gasteiger partial charge in [0.05, 0.1) is 10.4 Å². The van der Waals surface area contributed by atoms with E-state index in [1.807, 2.05) is 31.2 Å². The van der Waals surface area contributed by atoms with Crippen LogP contribution in [0.3, 0.4) is 0 Å². The fraction of sp³-hybridized carbons (Fsp3) is 0.167. The summed E-state index contributed by atoms with van der Waals surface area (Å²) in [6, 6.07) is 6.87. The number of rotatable bonds is 4. The van der Waals surface area contributed by atoms with Gasteiger partial charge < -0.3 is 10.4 Å². The van der Waals surface area contributed by atoms with E-state index in [9.17, 15) is 9.90 Å². The topological polar surface area (TPSA) is 62.2 Å². The molecule has 0 saturated carbocycles. The molecule has 0 aliphatic heterocycles. The van der Waals surface area contributed by atoms with Crippen LogP contribution in [0.25, 0.3) is 0 Å². The van der Waals surface area contributed by atoms with Crippen molar-refractivity contribution in [3.8, 4) is 0 Å². The molecule has 5 heteroatoms. The molecule has 4 nitrogen and oxygen atoms in total. The predicted molar refractivity (Wildman–Crippen MR) is 67.3 cm³/mol. The number of carboxylic acid groups (broad SMARTS) is 1. The van der Waals surface area contributed by atoms with E-state index in [-0.39, 0.29) is 0 Å². The van der Waals surface area contributed by atoms with Gasteiger partial charge in [-0.15, -0.1) is 11.3 Å². The first-order valence-electron chi connectivity index (χ1n) is 5.11. The van der Waals surface area contributed by atoms with Crippen molar-refractivity contribution < 1.29 is 9.90 Å². The number of nitrogens with one attached hydrogen (secondary N) is 1. The van der Waals surface area contributed by atoms with Gasteiger partial charge in [-0.3, -0.25) is 4.98 Å². The smallest absolute Gasteiger partial charge is 0.331 e. The summed E-state index contributed by atoms with van der Waals surface area (Å²) in [7, 11) is 0. The highest BCUT2D eigenvalue weighted by Gasteiger charge is 2.20. The second-order valence-electron chi connectivity index (χ2n) is 3.69. The number of carbonyl (C=O) groups is 1. The molecular weight excluding hydrogens is 236 g/mol. The average Bonchev–Trinajstić information content (AvgIpc) is 2.81. The summed E-state index contributed by atoms with van der Waals surface area (Å²) in [5.41, 5.74) is 3.55. The minimum Gasteiger partial charge on any atom is -0.479 e. The number of aryl methyl sites for hydroxylation is 1. The number of nitrogens with zero attached hydrogens (tertiary/aromatic N) is 1.